The molecule has 0 aromatic carbocycles. The topological polar surface area (TPSA) is 55.8 Å². The van der Waals surface area contributed by atoms with Gasteiger partial charge in [0, 0.05) is 6.42 Å². The molecule has 0 aliphatic rings. The van der Waals surface area contributed by atoms with Crippen LogP contribution < -0.4 is 0 Å². The normalized spacial score (nSPS) is 16.0. The van der Waals surface area contributed by atoms with Crippen molar-refractivity contribution in [1.29, 1.82) is 0 Å². The van der Waals surface area contributed by atoms with E-state index < -0.39 is 31.9 Å². The minimum Gasteiger partial charge on any atom is -0.481 e. The molecular formula is C18H42O4Si3. The second-order valence-electron chi connectivity index (χ2n) is 8.86. The molecule has 0 radical (unpaired) electrons. The van der Waals surface area contributed by atoms with Gasteiger partial charge in [-0.1, -0.05) is 45.4 Å². The Kier molecular flexibility index (Phi) is 12.5. The van der Waals surface area contributed by atoms with Gasteiger partial charge in [0.2, 0.25) is 0 Å². The Balaban J connectivity index is 3.93. The lowest BCUT2D eigenvalue weighted by atomic mass is 9.98. The second-order valence-corrected chi connectivity index (χ2v) is 19.7. The molecule has 2 atom stereocenters. The van der Waals surface area contributed by atoms with Gasteiger partial charge in [0.25, 0.3) is 0 Å². The Bertz CT molecular complexity index is 372. The molecule has 0 spiro atoms. The molecule has 25 heavy (non-hydrogen) atoms. The first-order chi connectivity index (χ1) is 11.4. The number of unbranched alkanes of at least 4 members (excludes halogenated alkanes) is 4. The molecule has 7 heteroatoms. The predicted molar refractivity (Wildman–Crippen MR) is 115 cm³/mol. The summed E-state index contributed by atoms with van der Waals surface area (Å²) in [5, 5.41) is 8.71. The van der Waals surface area contributed by atoms with Gasteiger partial charge in [0.1, 0.15) is 0 Å². The maximum Gasteiger partial charge on any atom is 0.314 e. The fourth-order valence-corrected chi connectivity index (χ4v) is 14.8. The Morgan fingerprint density at radius 3 is 2.08 bits per heavy atom. The van der Waals surface area contributed by atoms with E-state index >= 15 is 0 Å². The third-order valence-electron chi connectivity index (χ3n) is 4.19. The second kappa shape index (κ2) is 12.4. The van der Waals surface area contributed by atoms with Crippen LogP contribution in [0.15, 0.2) is 0 Å². The fourth-order valence-electron chi connectivity index (χ4n) is 3.26. The van der Waals surface area contributed by atoms with E-state index in [1.54, 1.807) is 0 Å². The maximum atomic E-state index is 10.6. The summed E-state index contributed by atoms with van der Waals surface area (Å²) >= 11 is 0. The van der Waals surface area contributed by atoms with E-state index in [1.165, 1.54) is 32.1 Å². The van der Waals surface area contributed by atoms with Crippen molar-refractivity contribution in [3.05, 3.63) is 0 Å². The van der Waals surface area contributed by atoms with Crippen LogP contribution in [0, 0.1) is 5.92 Å². The number of carbonyl (C=O) groups is 1. The number of carboxylic acid groups (broad SMARTS) is 1. The molecule has 0 fully saturated rings. The van der Waals surface area contributed by atoms with Crippen molar-refractivity contribution >= 4 is 31.9 Å². The zero-order chi connectivity index (χ0) is 19.5. The third-order valence-corrected chi connectivity index (χ3v) is 13.5. The van der Waals surface area contributed by atoms with Crippen molar-refractivity contribution in [2.45, 2.75) is 104 Å². The van der Waals surface area contributed by atoms with Crippen LogP contribution in [0.3, 0.4) is 0 Å². The van der Waals surface area contributed by atoms with Crippen molar-refractivity contribution in [3.8, 4) is 0 Å². The van der Waals surface area contributed by atoms with Crippen LogP contribution in [0.1, 0.15) is 58.3 Å². The Labute approximate surface area is 159 Å². The molecule has 0 aromatic rings. The van der Waals surface area contributed by atoms with Crippen LogP contribution in [0.4, 0.5) is 0 Å². The molecule has 0 saturated carbocycles. The molecule has 0 aliphatic carbocycles. The average molecular weight is 407 g/mol. The Hall–Kier alpha value is 0.0406. The molecule has 4 nitrogen and oxygen atoms in total. The van der Waals surface area contributed by atoms with Crippen LogP contribution in [0.2, 0.25) is 45.3 Å². The molecule has 2 unspecified atom stereocenters. The van der Waals surface area contributed by atoms with Crippen LogP contribution in [0.5, 0.6) is 0 Å². The van der Waals surface area contributed by atoms with E-state index in [9.17, 15) is 4.79 Å². The summed E-state index contributed by atoms with van der Waals surface area (Å²) in [5.41, 5.74) is 0. The largest absolute Gasteiger partial charge is 0.481 e. The standard InChI is InChI=1S/C18H42O4Si3/c1-17(14-15-18(19)20)13-11-9-8-10-12-16-25(7,21-23(2)3)22-24(4,5)6/h17,23H,8-16H2,1-7H3,(H,19,20). The third kappa shape index (κ3) is 16.0. The maximum absolute atomic E-state index is 10.6. The van der Waals surface area contributed by atoms with Gasteiger partial charge in [-0.25, -0.2) is 0 Å². The van der Waals surface area contributed by atoms with Gasteiger partial charge in [-0.3, -0.25) is 4.79 Å². The van der Waals surface area contributed by atoms with Crippen molar-refractivity contribution in [2.24, 2.45) is 5.92 Å². The summed E-state index contributed by atoms with van der Waals surface area (Å²) in [6.07, 6.45) is 8.47. The zero-order valence-corrected chi connectivity index (χ0v) is 20.8. The van der Waals surface area contributed by atoms with Gasteiger partial charge in [-0.05, 0) is 57.7 Å². The number of hydrogen-bond donors (Lipinski definition) is 1. The minimum absolute atomic E-state index is 0.306. The van der Waals surface area contributed by atoms with Crippen LogP contribution in [-0.2, 0) is 13.0 Å². The van der Waals surface area contributed by atoms with Crippen molar-refractivity contribution in [1.82, 2.24) is 0 Å². The first-order valence-corrected chi connectivity index (χ1v) is 18.7. The molecule has 0 rings (SSSR count). The lowest BCUT2D eigenvalue weighted by Crippen LogP contribution is -2.49. The number of hydrogen-bond acceptors (Lipinski definition) is 3. The smallest absolute Gasteiger partial charge is 0.314 e. The van der Waals surface area contributed by atoms with E-state index in [4.69, 9.17) is 13.3 Å². The van der Waals surface area contributed by atoms with Gasteiger partial charge >= 0.3 is 14.5 Å². The highest BCUT2D eigenvalue weighted by Gasteiger charge is 2.36. The summed E-state index contributed by atoms with van der Waals surface area (Å²) in [5.74, 6) is -0.146. The highest BCUT2D eigenvalue weighted by Crippen LogP contribution is 2.24. The lowest BCUT2D eigenvalue weighted by Gasteiger charge is -2.35. The summed E-state index contributed by atoms with van der Waals surface area (Å²) < 4.78 is 12.8. The molecule has 0 heterocycles. The quantitative estimate of drug-likeness (QED) is 0.278. The summed E-state index contributed by atoms with van der Waals surface area (Å²) in [6.45, 7) is 15.7. The highest BCUT2D eigenvalue weighted by atomic mass is 28.5. The Morgan fingerprint density at radius 2 is 1.56 bits per heavy atom. The van der Waals surface area contributed by atoms with Gasteiger partial charge in [0.05, 0.1) is 0 Å². The van der Waals surface area contributed by atoms with Gasteiger partial charge in [0.15, 0.2) is 17.4 Å². The fraction of sp³-hybridized carbons (Fsp3) is 0.944. The zero-order valence-electron chi connectivity index (χ0n) is 17.7. The van der Waals surface area contributed by atoms with E-state index in [0.29, 0.717) is 12.3 Å². The molecule has 150 valence electrons. The van der Waals surface area contributed by atoms with Crippen LogP contribution in [-0.4, -0.2) is 37.0 Å². The molecule has 1 N–H and O–H groups in total. The summed E-state index contributed by atoms with van der Waals surface area (Å²) in [6, 6.07) is 1.12. The SMILES string of the molecule is CC(CCCCCCC[Si](C)(O[SiH](C)C)O[Si](C)(C)C)CCC(=O)O. The average Bonchev–Trinajstić information content (AvgIpc) is 2.40. The van der Waals surface area contributed by atoms with Crippen molar-refractivity contribution < 1.29 is 18.1 Å². The van der Waals surface area contributed by atoms with Crippen molar-refractivity contribution in [3.63, 3.8) is 0 Å². The van der Waals surface area contributed by atoms with Crippen LogP contribution >= 0.6 is 0 Å². The van der Waals surface area contributed by atoms with E-state index in [0.717, 1.165) is 18.9 Å². The summed E-state index contributed by atoms with van der Waals surface area (Å²) in [7, 11) is -4.60. The number of carboxylic acids is 1. The Morgan fingerprint density at radius 1 is 1.00 bits per heavy atom. The van der Waals surface area contributed by atoms with E-state index in [1.807, 2.05) is 0 Å². The summed E-state index contributed by atoms with van der Waals surface area (Å²) in [4.78, 5) is 10.6. The van der Waals surface area contributed by atoms with E-state index in [-0.39, 0.29) is 0 Å². The molecule has 0 aliphatic heterocycles. The molecule has 0 bridgehead atoms. The number of rotatable bonds is 15. The van der Waals surface area contributed by atoms with Crippen LogP contribution in [0.25, 0.3) is 0 Å². The predicted octanol–water partition coefficient (Wildman–Crippen LogP) is 5.75. The van der Waals surface area contributed by atoms with E-state index in [2.05, 4.69) is 46.2 Å². The number of aliphatic carboxylic acids is 1. The molecule has 0 amide bonds. The molecular weight excluding hydrogens is 364 g/mol. The lowest BCUT2D eigenvalue weighted by molar-refractivity contribution is -0.137. The van der Waals surface area contributed by atoms with Gasteiger partial charge < -0.3 is 13.3 Å². The monoisotopic (exact) mass is 406 g/mol. The highest BCUT2D eigenvalue weighted by molar-refractivity contribution is 6.84. The van der Waals surface area contributed by atoms with Crippen molar-refractivity contribution in [2.75, 3.05) is 0 Å². The molecule has 0 saturated heterocycles. The molecule has 0 aromatic heterocycles. The van der Waals surface area contributed by atoms with Gasteiger partial charge in [-0.2, -0.15) is 0 Å². The van der Waals surface area contributed by atoms with Gasteiger partial charge in [-0.15, -0.1) is 0 Å². The first kappa shape index (κ1) is 25.0. The first-order valence-electron chi connectivity index (χ1n) is 10.0. The minimum atomic E-state index is -1.99.